The molecule has 30 heavy (non-hydrogen) atoms. The molecule has 3 aromatic rings. The van der Waals surface area contributed by atoms with E-state index in [-0.39, 0.29) is 11.5 Å². The van der Waals surface area contributed by atoms with Gasteiger partial charge < -0.3 is 0 Å². The minimum atomic E-state index is -4.42. The minimum absolute atomic E-state index is 0.0106. The summed E-state index contributed by atoms with van der Waals surface area (Å²) in [7, 11) is 1.92. The number of pyridine rings is 1. The second kappa shape index (κ2) is 6.66. The highest BCUT2D eigenvalue weighted by molar-refractivity contribution is 5.60. The Bertz CT molecular complexity index is 1080. The molecular weight excluding hydrogens is 393 g/mol. The van der Waals surface area contributed by atoms with Gasteiger partial charge in [-0.05, 0) is 44.5 Å². The lowest BCUT2D eigenvalue weighted by Crippen LogP contribution is -2.31. The molecule has 2 aliphatic heterocycles. The van der Waals surface area contributed by atoms with E-state index < -0.39 is 11.7 Å². The van der Waals surface area contributed by atoms with Gasteiger partial charge in [0.15, 0.2) is 0 Å². The maximum atomic E-state index is 13.1. The molecule has 3 aromatic heterocycles. The number of likely N-dealkylation sites (tertiary alicyclic amines) is 1. The third kappa shape index (κ3) is 3.12. The molecule has 2 aliphatic rings. The highest BCUT2D eigenvalue weighted by Crippen LogP contribution is 2.45. The van der Waals surface area contributed by atoms with Gasteiger partial charge in [-0.3, -0.25) is 19.2 Å². The molecule has 0 aromatic carbocycles. The summed E-state index contributed by atoms with van der Waals surface area (Å²) in [5, 5.41) is 9.15. The van der Waals surface area contributed by atoms with Gasteiger partial charge in [-0.2, -0.15) is 23.4 Å². The van der Waals surface area contributed by atoms with Crippen LogP contribution < -0.4 is 0 Å². The van der Waals surface area contributed by atoms with E-state index in [9.17, 15) is 13.2 Å². The molecule has 0 saturated carbocycles. The highest BCUT2D eigenvalue weighted by atomic mass is 19.4. The number of aromatic nitrogens is 5. The maximum absolute atomic E-state index is 13.1. The van der Waals surface area contributed by atoms with E-state index in [1.165, 1.54) is 6.20 Å². The summed E-state index contributed by atoms with van der Waals surface area (Å²) >= 11 is 0. The fourth-order valence-electron chi connectivity index (χ4n) is 4.83. The highest BCUT2D eigenvalue weighted by Gasteiger charge is 2.47. The van der Waals surface area contributed by atoms with Gasteiger partial charge in [0.25, 0.3) is 0 Å². The third-order valence-electron chi connectivity index (χ3n) is 6.58. The SMILES string of the molecule is CC(c1ccn(C)n1)N1CC[C@@]2(CCn3nc(-c4cncc(C(F)(F)F)c4)cc32)C1. The van der Waals surface area contributed by atoms with Crippen molar-refractivity contribution in [2.75, 3.05) is 13.1 Å². The van der Waals surface area contributed by atoms with Gasteiger partial charge in [-0.25, -0.2) is 0 Å². The first-order valence-electron chi connectivity index (χ1n) is 10.1. The molecule has 5 rings (SSSR count). The first-order valence-corrected chi connectivity index (χ1v) is 10.1. The van der Waals surface area contributed by atoms with Crippen molar-refractivity contribution in [1.29, 1.82) is 0 Å². The monoisotopic (exact) mass is 416 g/mol. The predicted octanol–water partition coefficient (Wildman–Crippen LogP) is 3.81. The van der Waals surface area contributed by atoms with E-state index in [0.29, 0.717) is 11.3 Å². The summed E-state index contributed by atoms with van der Waals surface area (Å²) in [6.45, 7) is 4.82. The average molecular weight is 416 g/mol. The predicted molar refractivity (Wildman–Crippen MR) is 105 cm³/mol. The molecule has 158 valence electrons. The first-order chi connectivity index (χ1) is 14.2. The van der Waals surface area contributed by atoms with E-state index in [4.69, 9.17) is 0 Å². The average Bonchev–Trinajstić information content (AvgIpc) is 3.47. The number of aryl methyl sites for hydroxylation is 2. The number of rotatable bonds is 3. The van der Waals surface area contributed by atoms with E-state index >= 15 is 0 Å². The minimum Gasteiger partial charge on any atom is -0.294 e. The zero-order chi connectivity index (χ0) is 21.1. The van der Waals surface area contributed by atoms with Crippen LogP contribution in [0.25, 0.3) is 11.3 Å². The number of hydrogen-bond donors (Lipinski definition) is 0. The third-order valence-corrected chi connectivity index (χ3v) is 6.58. The molecule has 0 amide bonds. The number of alkyl halides is 3. The molecule has 5 heterocycles. The number of nitrogens with zero attached hydrogens (tertiary/aromatic N) is 6. The van der Waals surface area contributed by atoms with Gasteiger partial charge in [0.05, 0.1) is 23.0 Å². The Kier molecular flexibility index (Phi) is 4.29. The maximum Gasteiger partial charge on any atom is 0.417 e. The topological polar surface area (TPSA) is 51.8 Å². The number of halogens is 3. The van der Waals surface area contributed by atoms with E-state index in [2.05, 4.69) is 27.0 Å². The van der Waals surface area contributed by atoms with Crippen molar-refractivity contribution in [1.82, 2.24) is 29.4 Å². The van der Waals surface area contributed by atoms with Crippen LogP contribution in [0.2, 0.25) is 0 Å². The molecule has 1 unspecified atom stereocenters. The van der Waals surface area contributed by atoms with Crippen LogP contribution in [0.5, 0.6) is 0 Å². The van der Waals surface area contributed by atoms with Crippen molar-refractivity contribution in [3.8, 4) is 11.3 Å². The van der Waals surface area contributed by atoms with Crippen LogP contribution in [0, 0.1) is 0 Å². The summed E-state index contributed by atoms with van der Waals surface area (Å²) in [5.74, 6) is 0. The fraction of sp³-hybridized carbons (Fsp3) is 0.476. The van der Waals surface area contributed by atoms with Gasteiger partial charge >= 0.3 is 6.18 Å². The fourth-order valence-corrected chi connectivity index (χ4v) is 4.83. The van der Waals surface area contributed by atoms with Crippen LogP contribution in [-0.2, 0) is 25.2 Å². The molecule has 6 nitrogen and oxygen atoms in total. The molecular formula is C21H23F3N6. The summed E-state index contributed by atoms with van der Waals surface area (Å²) < 4.78 is 43.0. The van der Waals surface area contributed by atoms with Crippen molar-refractivity contribution in [3.63, 3.8) is 0 Å². The van der Waals surface area contributed by atoms with Crippen molar-refractivity contribution < 1.29 is 13.2 Å². The molecule has 0 radical (unpaired) electrons. The normalized spacial score (nSPS) is 22.7. The molecule has 9 heteroatoms. The Morgan fingerprint density at radius 1 is 1.10 bits per heavy atom. The van der Waals surface area contributed by atoms with E-state index in [0.717, 1.165) is 56.1 Å². The molecule has 1 saturated heterocycles. The second-order valence-electron chi connectivity index (χ2n) is 8.44. The zero-order valence-corrected chi connectivity index (χ0v) is 16.9. The molecule has 0 aliphatic carbocycles. The molecule has 0 N–H and O–H groups in total. The Balaban J connectivity index is 1.41. The summed E-state index contributed by atoms with van der Waals surface area (Å²) in [6, 6.07) is 5.35. The molecule has 1 spiro atoms. The summed E-state index contributed by atoms with van der Waals surface area (Å²) in [6.07, 6.45) is 1.85. The van der Waals surface area contributed by atoms with Crippen LogP contribution in [0.3, 0.4) is 0 Å². The molecule has 2 atom stereocenters. The van der Waals surface area contributed by atoms with Gasteiger partial charge in [0.2, 0.25) is 0 Å². The van der Waals surface area contributed by atoms with Gasteiger partial charge in [-0.15, -0.1) is 0 Å². The van der Waals surface area contributed by atoms with Crippen LogP contribution in [0.4, 0.5) is 13.2 Å². The second-order valence-corrected chi connectivity index (χ2v) is 8.44. The van der Waals surface area contributed by atoms with Crippen molar-refractivity contribution in [3.05, 3.63) is 53.7 Å². The van der Waals surface area contributed by atoms with Crippen molar-refractivity contribution in [2.45, 2.75) is 43.9 Å². The van der Waals surface area contributed by atoms with Gasteiger partial charge in [-0.1, -0.05) is 0 Å². The Hall–Kier alpha value is -2.68. The molecule has 0 bridgehead atoms. The summed E-state index contributed by atoms with van der Waals surface area (Å²) in [4.78, 5) is 6.22. The van der Waals surface area contributed by atoms with E-state index in [1.54, 1.807) is 0 Å². The zero-order valence-electron chi connectivity index (χ0n) is 16.9. The van der Waals surface area contributed by atoms with Crippen LogP contribution in [-0.4, -0.2) is 42.5 Å². The standard InChI is InChI=1S/C21H23F3N6/c1-14(17-3-6-28(2)26-17)29-7-4-20(13-29)5-8-30-19(20)10-18(27-30)15-9-16(12-25-11-15)21(22,23)24/h3,6,9-12,14H,4-5,7-8,13H2,1-2H3/t14?,20-/m1/s1. The van der Waals surface area contributed by atoms with E-state index in [1.807, 2.05) is 34.7 Å². The van der Waals surface area contributed by atoms with Crippen LogP contribution >= 0.6 is 0 Å². The number of fused-ring (bicyclic) bond motifs is 2. The van der Waals surface area contributed by atoms with Crippen molar-refractivity contribution in [2.24, 2.45) is 7.05 Å². The van der Waals surface area contributed by atoms with Gasteiger partial charge in [0.1, 0.15) is 0 Å². The number of hydrogen-bond acceptors (Lipinski definition) is 4. The largest absolute Gasteiger partial charge is 0.417 e. The lowest BCUT2D eigenvalue weighted by atomic mass is 9.82. The van der Waals surface area contributed by atoms with Gasteiger partial charge in [0, 0.05) is 55.4 Å². The smallest absolute Gasteiger partial charge is 0.294 e. The Labute approximate surface area is 172 Å². The lowest BCUT2D eigenvalue weighted by molar-refractivity contribution is -0.137. The lowest BCUT2D eigenvalue weighted by Gasteiger charge is -2.26. The first kappa shape index (κ1) is 19.3. The summed E-state index contributed by atoms with van der Waals surface area (Å²) in [5.41, 5.74) is 2.36. The Morgan fingerprint density at radius 3 is 2.63 bits per heavy atom. The molecule has 1 fully saturated rings. The van der Waals surface area contributed by atoms with Crippen LogP contribution in [0.1, 0.15) is 42.8 Å². The Morgan fingerprint density at radius 2 is 1.90 bits per heavy atom. The van der Waals surface area contributed by atoms with Crippen molar-refractivity contribution >= 4 is 0 Å². The quantitative estimate of drug-likeness (QED) is 0.652. The van der Waals surface area contributed by atoms with Crippen LogP contribution in [0.15, 0.2) is 36.8 Å².